The van der Waals surface area contributed by atoms with Crippen LogP contribution >= 0.6 is 15.9 Å². The summed E-state index contributed by atoms with van der Waals surface area (Å²) in [5.74, 6) is -1.47. The van der Waals surface area contributed by atoms with Crippen molar-refractivity contribution in [2.24, 2.45) is 0 Å². The Hall–Kier alpha value is -1.89. The molecular weight excluding hydrogens is 278 g/mol. The van der Waals surface area contributed by atoms with E-state index >= 15 is 0 Å². The average molecular weight is 284 g/mol. The van der Waals surface area contributed by atoms with E-state index in [1.807, 2.05) is 0 Å². The fourth-order valence-corrected chi connectivity index (χ4v) is 1.47. The van der Waals surface area contributed by atoms with Crippen LogP contribution in [0.4, 0.5) is 5.69 Å². The van der Waals surface area contributed by atoms with Gasteiger partial charge in [0.15, 0.2) is 0 Å². The zero-order chi connectivity index (χ0) is 11.7. The van der Waals surface area contributed by atoms with Gasteiger partial charge < -0.3 is 15.4 Å². The number of hydrogen-bond donors (Lipinski definition) is 2. The highest BCUT2D eigenvalue weighted by atomic mass is 79.9. The monoisotopic (exact) mass is 283 g/mol. The van der Waals surface area contributed by atoms with Gasteiger partial charge in [0.25, 0.3) is 11.7 Å². The molecule has 0 atom stereocenters. The number of anilines is 1. The first kappa shape index (κ1) is 10.6. The maximum Gasteiger partial charge on any atom is 0.377 e. The Kier molecular flexibility index (Phi) is 2.61. The summed E-state index contributed by atoms with van der Waals surface area (Å²) in [6, 6.07) is 5.00. The van der Waals surface area contributed by atoms with Gasteiger partial charge in [0.2, 0.25) is 0 Å². The Labute approximate surface area is 98.2 Å². The van der Waals surface area contributed by atoms with Crippen molar-refractivity contribution in [2.75, 3.05) is 5.73 Å². The molecule has 0 saturated heterocycles. The smallest absolute Gasteiger partial charge is 0.377 e. The van der Waals surface area contributed by atoms with Crippen LogP contribution in [0.3, 0.4) is 0 Å². The predicted molar refractivity (Wildman–Crippen MR) is 58.8 cm³/mol. The molecule has 2 rings (SSSR count). The van der Waals surface area contributed by atoms with Gasteiger partial charge in [0, 0.05) is 15.7 Å². The van der Waals surface area contributed by atoms with E-state index in [-0.39, 0.29) is 11.7 Å². The zero-order valence-corrected chi connectivity index (χ0v) is 9.43. The van der Waals surface area contributed by atoms with Crippen LogP contribution in [-0.2, 0) is 0 Å². The Morgan fingerprint density at radius 1 is 1.50 bits per heavy atom. The van der Waals surface area contributed by atoms with Gasteiger partial charge in [0.05, 0.1) is 0 Å². The standard InChI is InChI=1S/C9H6BrN3O3/c10-5-3-4(1-2-6(5)11)8-12-7(9(14)15)13-16-8/h1-3H,11H2,(H,14,15). The first-order valence-electron chi connectivity index (χ1n) is 4.20. The zero-order valence-electron chi connectivity index (χ0n) is 7.85. The maximum atomic E-state index is 10.6. The number of aromatic carboxylic acids is 1. The Morgan fingerprint density at radius 2 is 2.25 bits per heavy atom. The average Bonchev–Trinajstić information content (AvgIpc) is 2.71. The van der Waals surface area contributed by atoms with E-state index in [4.69, 9.17) is 15.4 Å². The van der Waals surface area contributed by atoms with E-state index < -0.39 is 5.97 Å². The van der Waals surface area contributed by atoms with Crippen LogP contribution in [0.5, 0.6) is 0 Å². The number of carboxylic acids is 1. The van der Waals surface area contributed by atoms with Gasteiger partial charge in [-0.3, -0.25) is 0 Å². The number of nitrogens with zero attached hydrogens (tertiary/aromatic N) is 2. The second-order valence-electron chi connectivity index (χ2n) is 2.96. The third-order valence-electron chi connectivity index (χ3n) is 1.86. The van der Waals surface area contributed by atoms with Crippen molar-refractivity contribution < 1.29 is 14.4 Å². The van der Waals surface area contributed by atoms with E-state index in [1.54, 1.807) is 18.2 Å². The molecule has 1 aromatic carbocycles. The number of halogens is 1. The fourth-order valence-electron chi connectivity index (χ4n) is 1.09. The van der Waals surface area contributed by atoms with Crippen molar-refractivity contribution >= 4 is 27.6 Å². The number of rotatable bonds is 2. The van der Waals surface area contributed by atoms with Crippen molar-refractivity contribution in [1.29, 1.82) is 0 Å². The molecule has 1 aromatic heterocycles. The Balaban J connectivity index is 2.42. The minimum atomic E-state index is -1.23. The SMILES string of the molecule is Nc1ccc(-c2nc(C(=O)O)no2)cc1Br. The molecule has 0 aliphatic carbocycles. The summed E-state index contributed by atoms with van der Waals surface area (Å²) in [6.07, 6.45) is 0. The second-order valence-corrected chi connectivity index (χ2v) is 3.82. The second kappa shape index (κ2) is 3.93. The van der Waals surface area contributed by atoms with Gasteiger partial charge in [-0.25, -0.2) is 4.79 Å². The number of nitrogen functional groups attached to an aromatic ring is 1. The fraction of sp³-hybridized carbons (Fsp3) is 0. The highest BCUT2D eigenvalue weighted by molar-refractivity contribution is 9.10. The van der Waals surface area contributed by atoms with Crippen molar-refractivity contribution in [3.63, 3.8) is 0 Å². The lowest BCUT2D eigenvalue weighted by atomic mass is 10.2. The first-order valence-corrected chi connectivity index (χ1v) is 4.99. The van der Waals surface area contributed by atoms with Crippen LogP contribution in [0, 0.1) is 0 Å². The summed E-state index contributed by atoms with van der Waals surface area (Å²) in [5.41, 5.74) is 6.78. The van der Waals surface area contributed by atoms with Crippen LogP contribution in [0.15, 0.2) is 27.2 Å². The van der Waals surface area contributed by atoms with Gasteiger partial charge in [0.1, 0.15) is 0 Å². The molecule has 0 aliphatic heterocycles. The van der Waals surface area contributed by atoms with Crippen molar-refractivity contribution in [2.45, 2.75) is 0 Å². The van der Waals surface area contributed by atoms with E-state index in [0.717, 1.165) is 0 Å². The molecule has 0 radical (unpaired) electrons. The third-order valence-corrected chi connectivity index (χ3v) is 2.55. The highest BCUT2D eigenvalue weighted by Gasteiger charge is 2.14. The molecule has 0 fully saturated rings. The summed E-state index contributed by atoms with van der Waals surface area (Å²) in [6.45, 7) is 0. The molecule has 0 amide bonds. The molecule has 0 bridgehead atoms. The Bertz CT molecular complexity index is 553. The van der Waals surface area contributed by atoms with Gasteiger partial charge in [-0.1, -0.05) is 0 Å². The maximum absolute atomic E-state index is 10.6. The molecule has 82 valence electrons. The van der Waals surface area contributed by atoms with E-state index in [0.29, 0.717) is 15.7 Å². The van der Waals surface area contributed by atoms with E-state index in [9.17, 15) is 4.79 Å². The van der Waals surface area contributed by atoms with Crippen LogP contribution in [0.2, 0.25) is 0 Å². The summed E-state index contributed by atoms with van der Waals surface area (Å²) in [4.78, 5) is 14.3. The van der Waals surface area contributed by atoms with Crippen molar-refractivity contribution in [3.8, 4) is 11.5 Å². The first-order chi connectivity index (χ1) is 7.58. The number of carboxylic acid groups (broad SMARTS) is 1. The van der Waals surface area contributed by atoms with E-state index in [2.05, 4.69) is 26.1 Å². The molecular formula is C9H6BrN3O3. The van der Waals surface area contributed by atoms with Crippen molar-refractivity contribution in [1.82, 2.24) is 10.1 Å². The lowest BCUT2D eigenvalue weighted by molar-refractivity contribution is 0.0680. The number of benzene rings is 1. The van der Waals surface area contributed by atoms with Gasteiger partial charge in [-0.2, -0.15) is 4.98 Å². The predicted octanol–water partition coefficient (Wildman–Crippen LogP) is 1.78. The number of aromatic nitrogens is 2. The van der Waals surface area contributed by atoms with Crippen molar-refractivity contribution in [3.05, 3.63) is 28.5 Å². The molecule has 0 saturated carbocycles. The molecule has 0 spiro atoms. The molecule has 3 N–H and O–H groups in total. The van der Waals surface area contributed by atoms with Gasteiger partial charge >= 0.3 is 5.97 Å². The summed E-state index contributed by atoms with van der Waals surface area (Å²) in [7, 11) is 0. The highest BCUT2D eigenvalue weighted by Crippen LogP contribution is 2.26. The van der Waals surface area contributed by atoms with Gasteiger partial charge in [-0.15, -0.1) is 0 Å². The largest absolute Gasteiger partial charge is 0.475 e. The quantitative estimate of drug-likeness (QED) is 0.815. The van der Waals surface area contributed by atoms with Crippen LogP contribution in [0.25, 0.3) is 11.5 Å². The minimum absolute atomic E-state index is 0.137. The number of hydrogen-bond acceptors (Lipinski definition) is 5. The normalized spacial score (nSPS) is 10.3. The Morgan fingerprint density at radius 3 is 2.81 bits per heavy atom. The van der Waals surface area contributed by atoms with Crippen LogP contribution < -0.4 is 5.73 Å². The summed E-state index contributed by atoms with van der Waals surface area (Å²) < 4.78 is 5.48. The molecule has 2 aromatic rings. The minimum Gasteiger partial charge on any atom is -0.475 e. The molecule has 0 aliphatic rings. The lowest BCUT2D eigenvalue weighted by Gasteiger charge is -1.98. The number of nitrogens with two attached hydrogens (primary N) is 1. The lowest BCUT2D eigenvalue weighted by Crippen LogP contribution is -1.98. The molecule has 6 nitrogen and oxygen atoms in total. The topological polar surface area (TPSA) is 102 Å². The van der Waals surface area contributed by atoms with Gasteiger partial charge in [-0.05, 0) is 39.3 Å². The summed E-state index contributed by atoms with van der Waals surface area (Å²) >= 11 is 3.25. The van der Waals surface area contributed by atoms with Crippen LogP contribution in [0.1, 0.15) is 10.6 Å². The molecule has 7 heteroatoms. The molecule has 16 heavy (non-hydrogen) atoms. The number of carbonyl (C=O) groups is 1. The molecule has 1 heterocycles. The van der Waals surface area contributed by atoms with E-state index in [1.165, 1.54) is 0 Å². The molecule has 0 unspecified atom stereocenters. The summed E-state index contributed by atoms with van der Waals surface area (Å²) in [5, 5.41) is 11.9. The third kappa shape index (κ3) is 1.89. The van der Waals surface area contributed by atoms with Crippen LogP contribution in [-0.4, -0.2) is 21.2 Å².